The van der Waals surface area contributed by atoms with Crippen molar-refractivity contribution in [2.45, 2.75) is 84.0 Å². The van der Waals surface area contributed by atoms with Crippen LogP contribution in [0.4, 0.5) is 5.82 Å². The highest BCUT2D eigenvalue weighted by Gasteiger charge is 2.34. The van der Waals surface area contributed by atoms with Crippen LogP contribution in [0.3, 0.4) is 0 Å². The molecule has 0 atom stereocenters. The maximum absolute atomic E-state index is 13.0. The fraction of sp³-hybridized carbons (Fsp3) is 0.731. The number of rotatable bonds is 4. The summed E-state index contributed by atoms with van der Waals surface area (Å²) in [5, 5.41) is 1.32. The normalized spacial score (nSPS) is 20.7. The first kappa shape index (κ1) is 23.3. The summed E-state index contributed by atoms with van der Waals surface area (Å²) in [6, 6.07) is 0. The van der Waals surface area contributed by atoms with Gasteiger partial charge >= 0.3 is 0 Å². The fourth-order valence-corrected chi connectivity index (χ4v) is 7.09. The molecule has 7 heteroatoms. The van der Waals surface area contributed by atoms with Crippen LogP contribution >= 0.6 is 22.9 Å². The van der Waals surface area contributed by atoms with Gasteiger partial charge in [0.15, 0.2) is 0 Å². The number of aryl methyl sites for hydroxylation is 2. The number of piperazine rings is 1. The summed E-state index contributed by atoms with van der Waals surface area (Å²) in [6.45, 7) is 7.00. The van der Waals surface area contributed by atoms with Gasteiger partial charge in [0.2, 0.25) is 5.91 Å². The van der Waals surface area contributed by atoms with Crippen molar-refractivity contribution in [1.82, 2.24) is 14.9 Å². The third kappa shape index (κ3) is 4.62. The molecule has 1 aliphatic heterocycles. The highest BCUT2D eigenvalue weighted by atomic mass is 35.5. The number of nitrogens with zero attached hydrogens (tertiary/aromatic N) is 4. The Balaban J connectivity index is 1.48. The molecule has 1 saturated carbocycles. The minimum Gasteiger partial charge on any atom is -0.352 e. The number of aromatic nitrogens is 2. The molecule has 1 amide bonds. The summed E-state index contributed by atoms with van der Waals surface area (Å²) in [5.41, 5.74) is 1.00. The van der Waals surface area contributed by atoms with Gasteiger partial charge in [-0.3, -0.25) is 4.79 Å². The highest BCUT2D eigenvalue weighted by molar-refractivity contribution is 7.19. The van der Waals surface area contributed by atoms with Gasteiger partial charge in [0, 0.05) is 42.9 Å². The van der Waals surface area contributed by atoms with Crippen molar-refractivity contribution >= 4 is 44.9 Å². The van der Waals surface area contributed by atoms with Crippen LogP contribution in [-0.2, 0) is 17.6 Å². The van der Waals surface area contributed by atoms with Crippen LogP contribution < -0.4 is 4.90 Å². The number of carbonyl (C=O) groups is 1. The summed E-state index contributed by atoms with van der Waals surface area (Å²) < 4.78 is 0. The number of amides is 1. The molecule has 2 aromatic heterocycles. The molecule has 0 aromatic carbocycles. The number of thiophene rings is 1. The van der Waals surface area contributed by atoms with Crippen LogP contribution in [0.1, 0.15) is 87.4 Å². The molecule has 3 heterocycles. The Bertz CT molecular complexity index is 1010. The Kier molecular flexibility index (Phi) is 6.86. The second kappa shape index (κ2) is 9.69. The first-order chi connectivity index (χ1) is 16.0. The molecule has 2 aliphatic carbocycles. The standard InChI is InChI=1S/C26H37ClN4OS/c1-26(2,17-27)25(32)31-15-13-30(14-16-31)23-21-19-11-7-4-8-12-20(19)33-24(21)29-22(28-23)18-9-5-3-6-10-18/h18H,3-17H2,1-2H3. The van der Waals surface area contributed by atoms with E-state index in [9.17, 15) is 4.79 Å². The van der Waals surface area contributed by atoms with Crippen molar-refractivity contribution < 1.29 is 4.79 Å². The van der Waals surface area contributed by atoms with Crippen LogP contribution in [0, 0.1) is 5.41 Å². The molecule has 0 bridgehead atoms. The quantitative estimate of drug-likeness (QED) is 0.395. The monoisotopic (exact) mass is 488 g/mol. The van der Waals surface area contributed by atoms with E-state index in [1.807, 2.05) is 30.1 Å². The number of halogens is 1. The Morgan fingerprint density at radius 2 is 1.70 bits per heavy atom. The molecular formula is C26H37ClN4OS. The van der Waals surface area contributed by atoms with Gasteiger partial charge < -0.3 is 9.80 Å². The molecule has 0 unspecified atom stereocenters. The van der Waals surface area contributed by atoms with Gasteiger partial charge in [-0.25, -0.2) is 9.97 Å². The van der Waals surface area contributed by atoms with E-state index in [0.717, 1.165) is 44.2 Å². The van der Waals surface area contributed by atoms with Crippen LogP contribution in [-0.4, -0.2) is 52.8 Å². The fourth-order valence-electron chi connectivity index (χ4n) is 5.71. The van der Waals surface area contributed by atoms with Gasteiger partial charge in [-0.1, -0.05) is 25.7 Å². The van der Waals surface area contributed by atoms with E-state index in [1.54, 1.807) is 0 Å². The van der Waals surface area contributed by atoms with Crippen LogP contribution in [0.25, 0.3) is 10.2 Å². The highest BCUT2D eigenvalue weighted by Crippen LogP contribution is 2.41. The molecule has 1 saturated heterocycles. The topological polar surface area (TPSA) is 49.3 Å². The van der Waals surface area contributed by atoms with Crippen molar-refractivity contribution in [2.75, 3.05) is 37.0 Å². The molecule has 5 nitrogen and oxygen atoms in total. The van der Waals surface area contributed by atoms with Gasteiger partial charge in [0.25, 0.3) is 0 Å². The van der Waals surface area contributed by atoms with Crippen LogP contribution in [0.2, 0.25) is 0 Å². The molecule has 0 spiro atoms. The minimum atomic E-state index is -0.509. The first-order valence-corrected chi connectivity index (χ1v) is 14.3. The zero-order valence-electron chi connectivity index (χ0n) is 20.2. The number of fused-ring (bicyclic) bond motifs is 3. The maximum atomic E-state index is 13.0. The lowest BCUT2D eigenvalue weighted by Gasteiger charge is -2.39. The number of hydrogen-bond acceptors (Lipinski definition) is 5. The lowest BCUT2D eigenvalue weighted by Crippen LogP contribution is -2.52. The lowest BCUT2D eigenvalue weighted by atomic mass is 9.88. The molecule has 5 rings (SSSR count). The number of hydrogen-bond donors (Lipinski definition) is 0. The van der Waals surface area contributed by atoms with Crippen molar-refractivity contribution in [3.05, 3.63) is 16.3 Å². The molecule has 0 radical (unpaired) electrons. The summed E-state index contributed by atoms with van der Waals surface area (Å²) in [4.78, 5) is 30.6. The summed E-state index contributed by atoms with van der Waals surface area (Å²) in [6.07, 6.45) is 12.6. The van der Waals surface area contributed by atoms with E-state index in [-0.39, 0.29) is 5.91 Å². The van der Waals surface area contributed by atoms with Gasteiger partial charge in [-0.2, -0.15) is 0 Å². The number of alkyl halides is 1. The van der Waals surface area contributed by atoms with Crippen LogP contribution in [0.5, 0.6) is 0 Å². The molecule has 180 valence electrons. The summed E-state index contributed by atoms with van der Waals surface area (Å²) >= 11 is 8.01. The van der Waals surface area contributed by atoms with Gasteiger partial charge in [-0.15, -0.1) is 22.9 Å². The first-order valence-electron chi connectivity index (χ1n) is 12.9. The van der Waals surface area contributed by atoms with Crippen molar-refractivity contribution in [1.29, 1.82) is 0 Å². The van der Waals surface area contributed by atoms with Gasteiger partial charge in [-0.05, 0) is 57.9 Å². The van der Waals surface area contributed by atoms with Crippen molar-refractivity contribution in [3.8, 4) is 0 Å². The molecule has 2 fully saturated rings. The summed E-state index contributed by atoms with van der Waals surface area (Å²) in [5.74, 6) is 3.22. The SMILES string of the molecule is CC(C)(CCl)C(=O)N1CCN(c2nc(C3CCCCC3)nc3sc4c(c23)CCCCC4)CC1. The predicted molar refractivity (Wildman–Crippen MR) is 138 cm³/mol. The zero-order chi connectivity index (χ0) is 23.0. The van der Waals surface area contributed by atoms with Gasteiger partial charge in [0.05, 0.1) is 10.8 Å². The van der Waals surface area contributed by atoms with E-state index in [4.69, 9.17) is 21.6 Å². The second-order valence-electron chi connectivity index (χ2n) is 10.8. The molecule has 0 N–H and O–H groups in total. The van der Waals surface area contributed by atoms with E-state index in [1.165, 1.54) is 78.4 Å². The van der Waals surface area contributed by atoms with E-state index < -0.39 is 5.41 Å². The third-order valence-corrected chi connectivity index (χ3v) is 9.67. The number of carbonyl (C=O) groups excluding carboxylic acids is 1. The molecular weight excluding hydrogens is 452 g/mol. The Labute approximate surface area is 206 Å². The Hall–Kier alpha value is -1.40. The third-order valence-electron chi connectivity index (χ3n) is 7.81. The number of anilines is 1. The van der Waals surface area contributed by atoms with Crippen molar-refractivity contribution in [3.63, 3.8) is 0 Å². The smallest absolute Gasteiger partial charge is 0.229 e. The van der Waals surface area contributed by atoms with E-state index in [0.29, 0.717) is 11.8 Å². The zero-order valence-corrected chi connectivity index (χ0v) is 21.7. The summed E-state index contributed by atoms with van der Waals surface area (Å²) in [7, 11) is 0. The maximum Gasteiger partial charge on any atom is 0.229 e. The van der Waals surface area contributed by atoms with Gasteiger partial charge in [0.1, 0.15) is 16.5 Å². The molecule has 33 heavy (non-hydrogen) atoms. The average molecular weight is 489 g/mol. The Morgan fingerprint density at radius 1 is 1.00 bits per heavy atom. The van der Waals surface area contributed by atoms with E-state index >= 15 is 0 Å². The predicted octanol–water partition coefficient (Wildman–Crippen LogP) is 5.92. The van der Waals surface area contributed by atoms with Crippen molar-refractivity contribution in [2.24, 2.45) is 5.41 Å². The average Bonchev–Trinajstić information content (AvgIpc) is 3.04. The Morgan fingerprint density at radius 3 is 2.42 bits per heavy atom. The second-order valence-corrected chi connectivity index (χ2v) is 12.1. The molecule has 2 aromatic rings. The largest absolute Gasteiger partial charge is 0.352 e. The van der Waals surface area contributed by atoms with E-state index in [2.05, 4.69) is 4.90 Å². The molecule has 3 aliphatic rings. The van der Waals surface area contributed by atoms with Crippen LogP contribution in [0.15, 0.2) is 0 Å². The lowest BCUT2D eigenvalue weighted by molar-refractivity contribution is -0.139. The minimum absolute atomic E-state index is 0.164.